The highest BCUT2D eigenvalue weighted by Gasteiger charge is 2.48. The predicted octanol–water partition coefficient (Wildman–Crippen LogP) is 15.1. The Labute approximate surface area is 387 Å². The normalized spacial score (nSPS) is 15.9. The zero-order valence-corrected chi connectivity index (χ0v) is 39.7. The van der Waals surface area contributed by atoms with Gasteiger partial charge in [0.05, 0.1) is 11.0 Å². The van der Waals surface area contributed by atoms with E-state index in [0.29, 0.717) is 0 Å². The van der Waals surface area contributed by atoms with Crippen LogP contribution in [-0.4, -0.2) is 11.4 Å². The van der Waals surface area contributed by atoms with E-state index in [0.717, 1.165) is 16.6 Å². The summed E-state index contributed by atoms with van der Waals surface area (Å²) < 4.78 is 9.26. The number of rotatable bonds is 1. The maximum Gasteiger partial charge on any atom is 0.333 e. The van der Waals surface area contributed by atoms with Gasteiger partial charge in [-0.05, 0) is 131 Å². The molecule has 0 bridgehead atoms. The highest BCUT2D eigenvalue weighted by Crippen LogP contribution is 2.56. The molecule has 0 saturated carbocycles. The Morgan fingerprint density at radius 3 is 1.88 bits per heavy atom. The van der Waals surface area contributed by atoms with Crippen molar-refractivity contribution in [2.75, 3.05) is 4.81 Å². The average molecular weight is 853 g/mol. The van der Waals surface area contributed by atoms with Crippen LogP contribution in [0.25, 0.3) is 82.8 Å². The van der Waals surface area contributed by atoms with Crippen molar-refractivity contribution in [3.05, 3.63) is 173 Å². The molecule has 0 spiro atoms. The van der Waals surface area contributed by atoms with Crippen LogP contribution in [0.4, 0.5) is 11.4 Å². The Kier molecular flexibility index (Phi) is 7.09. The third-order valence-corrected chi connectivity index (χ3v) is 16.5. The minimum absolute atomic E-state index is 0.0290. The maximum atomic E-state index is 6.62. The van der Waals surface area contributed by atoms with Gasteiger partial charge < -0.3 is 13.8 Å². The topological polar surface area (TPSA) is 21.3 Å². The van der Waals surface area contributed by atoms with Gasteiger partial charge in [-0.15, -0.1) is 0 Å². The van der Waals surface area contributed by atoms with Gasteiger partial charge in [0.1, 0.15) is 11.2 Å². The fourth-order valence-electron chi connectivity index (χ4n) is 13.0. The second-order valence-corrected chi connectivity index (χ2v) is 22.9. The lowest BCUT2D eigenvalue weighted by molar-refractivity contribution is 0.584. The van der Waals surface area contributed by atoms with Crippen molar-refractivity contribution in [3.63, 3.8) is 0 Å². The molecule has 0 saturated heterocycles. The summed E-state index contributed by atoms with van der Waals surface area (Å²) >= 11 is 0. The summed E-state index contributed by atoms with van der Waals surface area (Å²) in [6, 6.07) is 54.2. The molecule has 2 aromatic heterocycles. The lowest BCUT2D eigenvalue weighted by Gasteiger charge is -2.43. The van der Waals surface area contributed by atoms with E-state index < -0.39 is 0 Å². The molecule has 4 heterocycles. The van der Waals surface area contributed by atoms with E-state index in [-0.39, 0.29) is 28.5 Å². The van der Waals surface area contributed by atoms with E-state index >= 15 is 0 Å². The summed E-state index contributed by atoms with van der Waals surface area (Å²) in [5, 5.41) is 4.88. The Balaban J connectivity index is 1.15. The van der Waals surface area contributed by atoms with Crippen LogP contribution >= 0.6 is 0 Å². The van der Waals surface area contributed by atoms with Crippen LogP contribution in [0.3, 0.4) is 0 Å². The molecule has 3 nitrogen and oxygen atoms in total. The smallest absolute Gasteiger partial charge is 0.333 e. The van der Waals surface area contributed by atoms with Crippen molar-refractivity contribution >= 4 is 72.9 Å². The van der Waals surface area contributed by atoms with Gasteiger partial charge >= 0.3 is 6.85 Å². The summed E-state index contributed by atoms with van der Waals surface area (Å²) in [6.07, 6.45) is 0. The summed E-state index contributed by atoms with van der Waals surface area (Å²) in [7, 11) is 0. The maximum absolute atomic E-state index is 6.62. The second kappa shape index (κ2) is 12.2. The molecule has 8 aromatic carbocycles. The first-order chi connectivity index (χ1) is 31.5. The molecule has 0 fully saturated rings. The van der Waals surface area contributed by atoms with E-state index in [2.05, 4.69) is 218 Å². The van der Waals surface area contributed by atoms with Crippen molar-refractivity contribution in [1.29, 1.82) is 0 Å². The molecule has 0 atom stereocenters. The van der Waals surface area contributed by atoms with Crippen molar-refractivity contribution in [2.24, 2.45) is 0 Å². The lowest BCUT2D eigenvalue weighted by Crippen LogP contribution is -2.60. The summed E-state index contributed by atoms with van der Waals surface area (Å²) in [5.41, 5.74) is 26.9. The largest absolute Gasteiger partial charge is 0.456 e. The van der Waals surface area contributed by atoms with Gasteiger partial charge in [0.15, 0.2) is 0 Å². The third-order valence-electron chi connectivity index (χ3n) is 16.5. The summed E-state index contributed by atoms with van der Waals surface area (Å²) in [5.74, 6) is 0. The van der Waals surface area contributed by atoms with Crippen molar-refractivity contribution < 1.29 is 4.42 Å². The zero-order chi connectivity index (χ0) is 45.1. The van der Waals surface area contributed by atoms with Crippen LogP contribution in [0.15, 0.2) is 144 Å². The van der Waals surface area contributed by atoms with E-state index in [1.54, 1.807) is 0 Å². The Morgan fingerprint density at radius 1 is 0.470 bits per heavy atom. The molecule has 320 valence electrons. The average Bonchev–Trinajstić information content (AvgIpc) is 3.97. The molecule has 0 unspecified atom stereocenters. The number of fused-ring (bicyclic) bond motifs is 18. The molecule has 0 amide bonds. The quantitative estimate of drug-likeness (QED) is 0.153. The van der Waals surface area contributed by atoms with Gasteiger partial charge in [-0.25, -0.2) is 0 Å². The molecule has 0 radical (unpaired) electrons. The zero-order valence-electron chi connectivity index (χ0n) is 39.7. The molecule has 2 aliphatic carbocycles. The predicted molar refractivity (Wildman–Crippen MR) is 280 cm³/mol. The van der Waals surface area contributed by atoms with Gasteiger partial charge in [-0.1, -0.05) is 160 Å². The van der Waals surface area contributed by atoms with Crippen molar-refractivity contribution in [1.82, 2.24) is 4.57 Å². The van der Waals surface area contributed by atoms with Crippen molar-refractivity contribution in [3.8, 4) is 39.1 Å². The van der Waals surface area contributed by atoms with E-state index in [1.807, 2.05) is 0 Å². The second-order valence-electron chi connectivity index (χ2n) is 22.9. The SMILES string of the molecule is CC(C)(C)c1ccc(N2B3c4cc5c(cc4-n4c6ccc7oc8ccccc8c7c6c6ccc(c3c64)-c3cc4c(cc32)-c2ccc(C(C)(C)C)cc2C4(C)C)-c2ccccc2C5(C)C)cc1. The molecular weight excluding hydrogens is 800 g/mol. The fourth-order valence-corrected chi connectivity index (χ4v) is 13.0. The fraction of sp³-hybridized carbons (Fsp3) is 0.226. The highest BCUT2D eigenvalue weighted by atomic mass is 16.3. The Morgan fingerprint density at radius 2 is 1.11 bits per heavy atom. The Hall–Kier alpha value is -6.78. The van der Waals surface area contributed by atoms with E-state index in [4.69, 9.17) is 4.42 Å². The van der Waals surface area contributed by atoms with Gasteiger partial charge in [0.2, 0.25) is 0 Å². The number of hydrogen-bond acceptors (Lipinski definition) is 2. The molecule has 10 aromatic rings. The minimum atomic E-state index is -0.172. The number of anilines is 2. The van der Waals surface area contributed by atoms with Crippen LogP contribution < -0.4 is 15.7 Å². The summed E-state index contributed by atoms with van der Waals surface area (Å²) in [4.78, 5) is 2.72. The molecule has 0 N–H and O–H groups in total. The number of hydrogen-bond donors (Lipinski definition) is 0. The Bertz CT molecular complexity index is 3840. The molecule has 4 aliphatic rings. The summed E-state index contributed by atoms with van der Waals surface area (Å²) in [6.45, 7) is 23.6. The number of nitrogens with zero attached hydrogens (tertiary/aromatic N) is 2. The number of para-hydroxylation sites is 1. The van der Waals surface area contributed by atoms with Crippen LogP contribution in [0.1, 0.15) is 103 Å². The third kappa shape index (κ3) is 4.70. The van der Waals surface area contributed by atoms with Gasteiger partial charge in [0, 0.05) is 55.0 Å². The van der Waals surface area contributed by atoms with Crippen molar-refractivity contribution in [2.45, 2.75) is 90.9 Å². The standard InChI is InChI=1S/C62H53BN2O/c1-59(2,3)34-19-22-36(23-20-34)65-51-31-42-38-24-21-35(60(4,5)6)29-46(38)62(9,10)47(42)30-44(51)39-25-26-41-55-50(27-28-54-56(55)40-16-12-14-18-53(40)66-54)64-52-32-43-37-15-11-13-17-45(37)61(7,8)48(43)33-49(52)63(65)57(39)58(41)64/h11-33H,1-10H3. The van der Waals surface area contributed by atoms with Crippen LogP contribution in [-0.2, 0) is 21.7 Å². The number of aromatic nitrogens is 1. The van der Waals surface area contributed by atoms with Crippen LogP contribution in [0.2, 0.25) is 0 Å². The first-order valence-corrected chi connectivity index (χ1v) is 24.0. The highest BCUT2D eigenvalue weighted by molar-refractivity contribution is 6.93. The molecule has 2 aliphatic heterocycles. The molecular formula is C62H53BN2O. The first-order valence-electron chi connectivity index (χ1n) is 24.0. The molecule has 66 heavy (non-hydrogen) atoms. The number of furan rings is 1. The molecule has 14 rings (SSSR count). The van der Waals surface area contributed by atoms with Crippen LogP contribution in [0, 0.1) is 0 Å². The molecule has 4 heteroatoms. The van der Waals surface area contributed by atoms with E-state index in [9.17, 15) is 0 Å². The van der Waals surface area contributed by atoms with Crippen LogP contribution in [0.5, 0.6) is 0 Å². The van der Waals surface area contributed by atoms with Gasteiger partial charge in [0.25, 0.3) is 0 Å². The monoisotopic (exact) mass is 852 g/mol. The van der Waals surface area contributed by atoms with E-state index in [1.165, 1.54) is 122 Å². The van der Waals surface area contributed by atoms with Gasteiger partial charge in [-0.3, -0.25) is 0 Å². The first kappa shape index (κ1) is 38.5. The van der Waals surface area contributed by atoms with Gasteiger partial charge in [-0.2, -0.15) is 0 Å². The lowest BCUT2D eigenvalue weighted by atomic mass is 9.43. The number of benzene rings is 8. The minimum Gasteiger partial charge on any atom is -0.456 e.